The van der Waals surface area contributed by atoms with E-state index in [0.717, 1.165) is 24.1 Å². The lowest BCUT2D eigenvalue weighted by molar-refractivity contribution is 0.0739. The van der Waals surface area contributed by atoms with Crippen LogP contribution in [0.25, 0.3) is 21.9 Å². The van der Waals surface area contributed by atoms with E-state index in [9.17, 15) is 4.79 Å². The molecule has 5 rings (SSSR count). The Kier molecular flexibility index (Phi) is 5.59. The third-order valence-corrected chi connectivity index (χ3v) is 5.97. The first-order valence-corrected chi connectivity index (χ1v) is 10.9. The van der Waals surface area contributed by atoms with Crippen molar-refractivity contribution in [1.82, 2.24) is 15.3 Å². The van der Waals surface area contributed by atoms with Crippen molar-refractivity contribution in [2.75, 3.05) is 42.7 Å². The van der Waals surface area contributed by atoms with Gasteiger partial charge in [-0.2, -0.15) is 0 Å². The van der Waals surface area contributed by atoms with Crippen molar-refractivity contribution in [1.29, 1.82) is 0 Å². The van der Waals surface area contributed by atoms with E-state index in [1.165, 1.54) is 6.20 Å². The van der Waals surface area contributed by atoms with Crippen LogP contribution in [0.5, 0.6) is 5.88 Å². The zero-order valence-electron chi connectivity index (χ0n) is 18.2. The van der Waals surface area contributed by atoms with Crippen molar-refractivity contribution >= 4 is 34.0 Å². The molecule has 2 aromatic heterocycles. The topological polar surface area (TPSA) is 123 Å². The molecule has 0 saturated carbocycles. The van der Waals surface area contributed by atoms with Gasteiger partial charge in [-0.1, -0.05) is 0 Å². The molecule has 1 saturated heterocycles. The van der Waals surface area contributed by atoms with Gasteiger partial charge in [0.05, 0.1) is 18.3 Å². The number of anilines is 3. The highest BCUT2D eigenvalue weighted by Gasteiger charge is 2.21. The standard InChI is InChI=1S/C23H25FN6O3/c1-12-16(9-28-22-21(12)26-4-6-33-22)15-7-13-8-18(27-10-17(13)20(25)19(15)24)30-23(31)29-14-3-2-5-32-11-14/h7-10,14,26H,2-6,11,25H2,1H3,(H2,27,29,30,31). The van der Waals surface area contributed by atoms with Crippen LogP contribution in [0.1, 0.15) is 18.4 Å². The number of carbonyl (C=O) groups is 1. The molecule has 0 aliphatic carbocycles. The minimum atomic E-state index is -0.540. The third-order valence-electron chi connectivity index (χ3n) is 5.97. The lowest BCUT2D eigenvalue weighted by Crippen LogP contribution is -2.42. The predicted octanol–water partition coefficient (Wildman–Crippen LogP) is 3.43. The smallest absolute Gasteiger partial charge is 0.320 e. The van der Waals surface area contributed by atoms with Crippen LogP contribution in [0.2, 0.25) is 0 Å². The van der Waals surface area contributed by atoms with Gasteiger partial charge < -0.3 is 25.8 Å². The summed E-state index contributed by atoms with van der Waals surface area (Å²) < 4.78 is 26.2. The second-order valence-corrected chi connectivity index (χ2v) is 8.21. The molecule has 1 aromatic carbocycles. The third kappa shape index (κ3) is 4.09. The van der Waals surface area contributed by atoms with Crippen molar-refractivity contribution in [2.24, 2.45) is 0 Å². The maximum absolute atomic E-state index is 15.3. The van der Waals surface area contributed by atoms with Crippen molar-refractivity contribution < 1.29 is 18.7 Å². The van der Waals surface area contributed by atoms with Gasteiger partial charge in [-0.25, -0.2) is 19.2 Å². The number of aromatic nitrogens is 2. The molecular weight excluding hydrogens is 427 g/mol. The van der Waals surface area contributed by atoms with Gasteiger partial charge >= 0.3 is 6.03 Å². The Balaban J connectivity index is 1.47. The zero-order chi connectivity index (χ0) is 22.9. The van der Waals surface area contributed by atoms with Gasteiger partial charge in [0, 0.05) is 42.1 Å². The summed E-state index contributed by atoms with van der Waals surface area (Å²) in [6, 6.07) is 2.97. The van der Waals surface area contributed by atoms with E-state index >= 15 is 4.39 Å². The van der Waals surface area contributed by atoms with Crippen molar-refractivity contribution in [3.8, 4) is 17.0 Å². The molecule has 10 heteroatoms. The van der Waals surface area contributed by atoms with E-state index in [1.807, 2.05) is 6.92 Å². The fourth-order valence-electron chi connectivity index (χ4n) is 4.25. The van der Waals surface area contributed by atoms with E-state index < -0.39 is 5.82 Å². The predicted molar refractivity (Wildman–Crippen MR) is 124 cm³/mol. The molecule has 3 aromatic rings. The molecular formula is C23H25FN6O3. The summed E-state index contributed by atoms with van der Waals surface area (Å²) in [4.78, 5) is 20.9. The van der Waals surface area contributed by atoms with Gasteiger partial charge in [0.2, 0.25) is 5.88 Å². The van der Waals surface area contributed by atoms with Crippen molar-refractivity contribution in [3.63, 3.8) is 0 Å². The Bertz CT molecular complexity index is 1230. The first-order valence-electron chi connectivity index (χ1n) is 10.9. The van der Waals surface area contributed by atoms with Crippen LogP contribution in [0.3, 0.4) is 0 Å². The lowest BCUT2D eigenvalue weighted by Gasteiger charge is -2.23. The molecule has 1 fully saturated rings. The number of nitrogens with one attached hydrogen (secondary N) is 3. The Hall–Kier alpha value is -3.66. The largest absolute Gasteiger partial charge is 0.474 e. The molecule has 172 valence electrons. The number of nitrogens with two attached hydrogens (primary N) is 1. The average Bonchev–Trinajstić information content (AvgIpc) is 2.82. The van der Waals surface area contributed by atoms with Crippen LogP contribution in [0.15, 0.2) is 24.5 Å². The molecule has 1 unspecified atom stereocenters. The summed E-state index contributed by atoms with van der Waals surface area (Å²) in [5, 5.41) is 10.00. The normalized spacial score (nSPS) is 17.6. The van der Waals surface area contributed by atoms with E-state index in [1.54, 1.807) is 18.3 Å². The first kappa shape index (κ1) is 21.2. The zero-order valence-corrected chi connectivity index (χ0v) is 18.2. The summed E-state index contributed by atoms with van der Waals surface area (Å²) >= 11 is 0. The number of nitrogens with zero attached hydrogens (tertiary/aromatic N) is 2. The van der Waals surface area contributed by atoms with Crippen LogP contribution >= 0.6 is 0 Å². The molecule has 33 heavy (non-hydrogen) atoms. The number of halogens is 1. The molecule has 2 aliphatic heterocycles. The van der Waals surface area contributed by atoms with Crippen molar-refractivity contribution in [2.45, 2.75) is 25.8 Å². The number of ether oxygens (including phenoxy) is 2. The van der Waals surface area contributed by atoms with E-state index in [0.29, 0.717) is 60.0 Å². The van der Waals surface area contributed by atoms with Crippen LogP contribution in [0.4, 0.5) is 26.4 Å². The SMILES string of the molecule is Cc1c(-c2cc3cc(NC(=O)NC4CCCOC4)ncc3c(N)c2F)cnc2c1NCCO2. The summed E-state index contributed by atoms with van der Waals surface area (Å²) in [7, 11) is 0. The molecule has 0 bridgehead atoms. The average molecular weight is 452 g/mol. The fourth-order valence-corrected chi connectivity index (χ4v) is 4.25. The number of hydrogen-bond acceptors (Lipinski definition) is 7. The van der Waals surface area contributed by atoms with Crippen molar-refractivity contribution in [3.05, 3.63) is 35.9 Å². The van der Waals surface area contributed by atoms with Gasteiger partial charge in [-0.05, 0) is 42.8 Å². The molecule has 0 spiro atoms. The Morgan fingerprint density at radius 2 is 2.12 bits per heavy atom. The van der Waals surface area contributed by atoms with Crippen LogP contribution in [0, 0.1) is 12.7 Å². The maximum Gasteiger partial charge on any atom is 0.320 e. The molecule has 0 radical (unpaired) electrons. The highest BCUT2D eigenvalue weighted by atomic mass is 19.1. The van der Waals surface area contributed by atoms with Gasteiger partial charge in [-0.15, -0.1) is 0 Å². The van der Waals surface area contributed by atoms with Crippen LogP contribution in [-0.2, 0) is 4.74 Å². The summed E-state index contributed by atoms with van der Waals surface area (Å²) in [5.41, 5.74) is 8.62. The Labute approximate surface area is 189 Å². The lowest BCUT2D eigenvalue weighted by atomic mass is 9.97. The number of pyridine rings is 2. The molecule has 5 N–H and O–H groups in total. The first-order chi connectivity index (χ1) is 16.0. The number of urea groups is 1. The van der Waals surface area contributed by atoms with Crippen LogP contribution in [-0.4, -0.2) is 48.4 Å². The molecule has 4 heterocycles. The van der Waals surface area contributed by atoms with Gasteiger partial charge in [0.25, 0.3) is 0 Å². The number of carbonyl (C=O) groups excluding carboxylic acids is 1. The van der Waals surface area contributed by atoms with E-state index in [4.69, 9.17) is 15.2 Å². The second-order valence-electron chi connectivity index (χ2n) is 8.21. The maximum atomic E-state index is 15.3. The highest BCUT2D eigenvalue weighted by Crippen LogP contribution is 2.39. The quantitative estimate of drug-likeness (QED) is 0.449. The molecule has 9 nitrogen and oxygen atoms in total. The number of rotatable bonds is 3. The minimum absolute atomic E-state index is 0.00770. The molecule has 1 atom stereocenters. The number of benzene rings is 1. The molecule has 2 amide bonds. The van der Waals surface area contributed by atoms with Crippen LogP contribution < -0.4 is 26.4 Å². The summed E-state index contributed by atoms with van der Waals surface area (Å²) in [6.45, 7) is 4.27. The number of hydrogen-bond donors (Lipinski definition) is 4. The monoisotopic (exact) mass is 452 g/mol. The number of amides is 2. The number of fused-ring (bicyclic) bond motifs is 2. The molecule has 2 aliphatic rings. The fraction of sp³-hybridized carbons (Fsp3) is 0.348. The van der Waals surface area contributed by atoms with Gasteiger partial charge in [-0.3, -0.25) is 5.32 Å². The van der Waals surface area contributed by atoms with Gasteiger partial charge in [0.1, 0.15) is 18.1 Å². The second kappa shape index (κ2) is 8.70. The van der Waals surface area contributed by atoms with E-state index in [2.05, 4.69) is 25.9 Å². The highest BCUT2D eigenvalue weighted by molar-refractivity contribution is 6.00. The minimum Gasteiger partial charge on any atom is -0.474 e. The Morgan fingerprint density at radius 3 is 2.94 bits per heavy atom. The number of nitrogen functional groups attached to an aromatic ring is 1. The van der Waals surface area contributed by atoms with E-state index in [-0.39, 0.29) is 17.8 Å². The Morgan fingerprint density at radius 1 is 1.24 bits per heavy atom. The summed E-state index contributed by atoms with van der Waals surface area (Å²) in [6.07, 6.45) is 4.83. The summed E-state index contributed by atoms with van der Waals surface area (Å²) in [5.74, 6) is 0.299. The van der Waals surface area contributed by atoms with Gasteiger partial charge in [0.15, 0.2) is 5.82 Å².